The van der Waals surface area contributed by atoms with Gasteiger partial charge in [0.25, 0.3) is 0 Å². The number of rotatable bonds is 8. The second-order valence-electron chi connectivity index (χ2n) is 6.91. The standard InChI is InChI=1S/C18H19F2N4O8P/c1-9(15(26)27)23-33(29)32-11-5-3-2-4-10(11)30-8-12-14(25)18(19,20)16(31-12)24-7-6-13(21)22-17(24)28/h2-7,9,12,14,16,25H,8H2,1H3,(H,26,27)(H2,21,22,28)/t9-,12+,14+,16+/m0/s1. The number of carboxylic acid groups (broad SMARTS) is 1. The molecule has 15 heteroatoms. The summed E-state index contributed by atoms with van der Waals surface area (Å²) >= 11 is 0. The summed E-state index contributed by atoms with van der Waals surface area (Å²) in [7, 11) is -2.78. The largest absolute Gasteiger partial charge is 0.575 e. The zero-order valence-corrected chi connectivity index (χ0v) is 17.8. The Morgan fingerprint density at radius 1 is 1.42 bits per heavy atom. The Hall–Kier alpha value is -3.19. The Balaban J connectivity index is 1.74. The van der Waals surface area contributed by atoms with Gasteiger partial charge in [0.05, 0.1) is 0 Å². The molecule has 0 spiro atoms. The van der Waals surface area contributed by atoms with E-state index in [4.69, 9.17) is 24.8 Å². The molecule has 1 unspecified atom stereocenters. The maximum absolute atomic E-state index is 14.6. The number of ether oxygens (including phenoxy) is 2. The highest BCUT2D eigenvalue weighted by Gasteiger charge is 2.60. The molecule has 1 aliphatic rings. The molecule has 178 valence electrons. The monoisotopic (exact) mass is 488 g/mol. The zero-order chi connectivity index (χ0) is 24.3. The van der Waals surface area contributed by atoms with Gasteiger partial charge in [-0.05, 0) is 25.1 Å². The number of nitrogens with two attached hydrogens (primary N) is 1. The summed E-state index contributed by atoms with van der Waals surface area (Å²) in [6.45, 7) is 0.614. The molecule has 0 aliphatic carbocycles. The van der Waals surface area contributed by atoms with Crippen LogP contribution in [0.4, 0.5) is 14.6 Å². The number of aliphatic hydroxyl groups excluding tert-OH is 1. The third kappa shape index (κ3) is 5.42. The van der Waals surface area contributed by atoms with Crippen molar-refractivity contribution in [1.82, 2.24) is 9.55 Å². The SMILES string of the molecule is C[C@H](N=[P+]([O-])Oc1ccccc1OC[C@H]1O[C@@H](n2ccc(N)nc2=O)C(F)(F)[C@@H]1O)C(=O)O. The lowest BCUT2D eigenvalue weighted by molar-refractivity contribution is -0.169. The zero-order valence-electron chi connectivity index (χ0n) is 16.9. The number of halogens is 2. The summed E-state index contributed by atoms with van der Waals surface area (Å²) < 4.78 is 48.9. The van der Waals surface area contributed by atoms with Crippen LogP contribution in [0.2, 0.25) is 0 Å². The van der Waals surface area contributed by atoms with Crippen molar-refractivity contribution in [3.8, 4) is 11.5 Å². The molecular weight excluding hydrogens is 469 g/mol. The van der Waals surface area contributed by atoms with Crippen LogP contribution in [-0.2, 0) is 9.53 Å². The quantitative estimate of drug-likeness (QED) is 0.443. The van der Waals surface area contributed by atoms with Crippen LogP contribution in [0, 0.1) is 0 Å². The third-order valence-corrected chi connectivity index (χ3v) is 5.43. The van der Waals surface area contributed by atoms with Crippen molar-refractivity contribution in [2.45, 2.75) is 37.3 Å². The van der Waals surface area contributed by atoms with Crippen molar-refractivity contribution in [2.24, 2.45) is 4.74 Å². The molecule has 3 rings (SSSR count). The first kappa shape index (κ1) is 24.5. The van der Waals surface area contributed by atoms with Crippen molar-refractivity contribution in [3.05, 3.63) is 47.0 Å². The summed E-state index contributed by atoms with van der Waals surface area (Å²) in [5.41, 5.74) is 4.27. The second kappa shape index (κ2) is 9.75. The Morgan fingerprint density at radius 3 is 2.73 bits per heavy atom. The number of benzene rings is 1. The van der Waals surface area contributed by atoms with E-state index < -0.39 is 56.8 Å². The average Bonchev–Trinajstić information content (AvgIpc) is 2.96. The van der Waals surface area contributed by atoms with E-state index in [0.29, 0.717) is 4.57 Å². The minimum atomic E-state index is -3.86. The third-order valence-electron chi connectivity index (χ3n) is 4.54. The van der Waals surface area contributed by atoms with Crippen LogP contribution >= 0.6 is 8.17 Å². The van der Waals surface area contributed by atoms with E-state index in [2.05, 4.69) is 9.73 Å². The lowest BCUT2D eigenvalue weighted by atomic mass is 10.1. The van der Waals surface area contributed by atoms with Crippen LogP contribution in [0.25, 0.3) is 0 Å². The van der Waals surface area contributed by atoms with E-state index in [0.717, 1.165) is 12.3 Å². The van der Waals surface area contributed by atoms with Crippen molar-refractivity contribution in [2.75, 3.05) is 12.3 Å². The summed E-state index contributed by atoms with van der Waals surface area (Å²) in [6, 6.07) is 5.56. The highest BCUT2D eigenvalue weighted by molar-refractivity contribution is 7.34. The van der Waals surface area contributed by atoms with Crippen LogP contribution < -0.4 is 25.6 Å². The maximum Gasteiger partial charge on any atom is 0.395 e. The molecule has 0 radical (unpaired) electrons. The molecule has 2 heterocycles. The van der Waals surface area contributed by atoms with Gasteiger partial charge < -0.3 is 30.3 Å². The number of hydrogen-bond acceptors (Lipinski definition) is 10. The number of carbonyl (C=O) groups is 1. The van der Waals surface area contributed by atoms with Gasteiger partial charge in [-0.3, -0.25) is 9.09 Å². The fraction of sp³-hybridized carbons (Fsp3) is 0.389. The maximum atomic E-state index is 14.6. The molecule has 2 aromatic rings. The lowest BCUT2D eigenvalue weighted by Crippen LogP contribution is -2.42. The summed E-state index contributed by atoms with van der Waals surface area (Å²) in [5.74, 6) is -5.48. The highest BCUT2D eigenvalue weighted by atomic mass is 31.1. The first-order chi connectivity index (χ1) is 15.5. The molecule has 1 saturated heterocycles. The number of nitrogen functional groups attached to an aromatic ring is 1. The van der Waals surface area contributed by atoms with E-state index in [-0.39, 0.29) is 17.3 Å². The first-order valence-corrected chi connectivity index (χ1v) is 10.5. The molecule has 0 saturated carbocycles. The molecule has 5 atom stereocenters. The van der Waals surface area contributed by atoms with Gasteiger partial charge in [-0.2, -0.15) is 13.8 Å². The van der Waals surface area contributed by atoms with Crippen LogP contribution in [-0.4, -0.2) is 56.5 Å². The van der Waals surface area contributed by atoms with Crippen LogP contribution in [0.3, 0.4) is 0 Å². The number of aliphatic hydroxyl groups is 1. The van der Waals surface area contributed by atoms with E-state index in [1.807, 2.05) is 0 Å². The van der Waals surface area contributed by atoms with Gasteiger partial charge in [0.1, 0.15) is 18.5 Å². The van der Waals surface area contributed by atoms with E-state index in [1.165, 1.54) is 31.2 Å². The number of aliphatic carboxylic acids is 1. The first-order valence-electron chi connectivity index (χ1n) is 9.37. The van der Waals surface area contributed by atoms with Crippen molar-refractivity contribution >= 4 is 20.0 Å². The summed E-state index contributed by atoms with van der Waals surface area (Å²) in [6.07, 6.45) is -5.07. The molecule has 4 N–H and O–H groups in total. The van der Waals surface area contributed by atoms with E-state index in [9.17, 15) is 28.4 Å². The summed E-state index contributed by atoms with van der Waals surface area (Å²) in [4.78, 5) is 38.1. The van der Waals surface area contributed by atoms with Gasteiger partial charge in [0.15, 0.2) is 17.9 Å². The number of para-hydroxylation sites is 2. The van der Waals surface area contributed by atoms with Gasteiger partial charge in [0.2, 0.25) is 12.0 Å². The molecule has 12 nitrogen and oxygen atoms in total. The average molecular weight is 488 g/mol. The van der Waals surface area contributed by atoms with Gasteiger partial charge in [-0.1, -0.05) is 16.9 Å². The molecular formula is C18H19F2N4O8P. The Morgan fingerprint density at radius 2 is 2.09 bits per heavy atom. The van der Waals surface area contributed by atoms with Gasteiger partial charge in [-0.15, -0.1) is 0 Å². The number of nitrogens with zero attached hydrogens (tertiary/aromatic N) is 3. The lowest BCUT2D eigenvalue weighted by Gasteiger charge is -2.20. The Labute approximate surface area is 185 Å². The van der Waals surface area contributed by atoms with Gasteiger partial charge in [-0.25, -0.2) is 9.59 Å². The Kier molecular flexibility index (Phi) is 7.22. The predicted molar refractivity (Wildman–Crippen MR) is 107 cm³/mol. The highest BCUT2D eigenvalue weighted by Crippen LogP contribution is 2.42. The van der Waals surface area contributed by atoms with Crippen LogP contribution in [0.5, 0.6) is 11.5 Å². The minimum absolute atomic E-state index is 0.0482. The summed E-state index contributed by atoms with van der Waals surface area (Å²) in [5, 5.41) is 18.9. The van der Waals surface area contributed by atoms with E-state index in [1.54, 1.807) is 0 Å². The molecule has 0 bridgehead atoms. The fourth-order valence-corrected chi connectivity index (χ4v) is 3.57. The topological polar surface area (TPSA) is 182 Å². The molecule has 0 amide bonds. The minimum Gasteiger partial charge on any atom is -0.575 e. The fourth-order valence-electron chi connectivity index (χ4n) is 2.83. The molecule has 1 fully saturated rings. The van der Waals surface area contributed by atoms with E-state index >= 15 is 0 Å². The number of alkyl halides is 2. The Bertz CT molecular complexity index is 1110. The normalized spacial score (nSPS) is 23.2. The number of anilines is 1. The predicted octanol–water partition coefficient (Wildman–Crippen LogP) is 0.506. The van der Waals surface area contributed by atoms with Crippen LogP contribution in [0.15, 0.2) is 46.1 Å². The number of hydrogen-bond donors (Lipinski definition) is 3. The van der Waals surface area contributed by atoms with Gasteiger partial charge >= 0.3 is 25.7 Å². The van der Waals surface area contributed by atoms with Gasteiger partial charge in [0, 0.05) is 6.20 Å². The van der Waals surface area contributed by atoms with Crippen molar-refractivity contribution in [1.29, 1.82) is 0 Å². The smallest absolute Gasteiger partial charge is 0.395 e. The molecule has 33 heavy (non-hydrogen) atoms. The van der Waals surface area contributed by atoms with Crippen molar-refractivity contribution in [3.63, 3.8) is 0 Å². The number of aromatic nitrogens is 2. The molecule has 1 aromatic heterocycles. The molecule has 1 aromatic carbocycles. The van der Waals surface area contributed by atoms with Crippen LogP contribution in [0.1, 0.15) is 13.2 Å². The second-order valence-corrected chi connectivity index (χ2v) is 7.79. The molecule has 1 aliphatic heterocycles. The number of carboxylic acids is 1. The van der Waals surface area contributed by atoms with Crippen molar-refractivity contribution < 1.29 is 42.7 Å².